The van der Waals surface area contributed by atoms with E-state index in [2.05, 4.69) is 27.5 Å². The zero-order valence-corrected chi connectivity index (χ0v) is 11.1. The van der Waals surface area contributed by atoms with Crippen LogP contribution in [0.2, 0.25) is 0 Å². The first-order valence-corrected chi connectivity index (χ1v) is 6.94. The SMILES string of the molecule is NNC(Cc1cncs1)c1ccc2ccccc2n1. The van der Waals surface area contributed by atoms with Gasteiger partial charge in [0.15, 0.2) is 0 Å². The topological polar surface area (TPSA) is 63.8 Å². The minimum absolute atomic E-state index is 0.00468. The molecular weight excluding hydrogens is 256 g/mol. The van der Waals surface area contributed by atoms with E-state index >= 15 is 0 Å². The Balaban J connectivity index is 1.92. The van der Waals surface area contributed by atoms with E-state index in [0.29, 0.717) is 0 Å². The van der Waals surface area contributed by atoms with Crippen molar-refractivity contribution >= 4 is 22.2 Å². The summed E-state index contributed by atoms with van der Waals surface area (Å²) in [5.74, 6) is 5.66. The molecule has 0 saturated heterocycles. The van der Waals surface area contributed by atoms with Crippen molar-refractivity contribution in [1.29, 1.82) is 0 Å². The van der Waals surface area contributed by atoms with Gasteiger partial charge in [-0.3, -0.25) is 21.2 Å². The van der Waals surface area contributed by atoms with Gasteiger partial charge in [0.2, 0.25) is 0 Å². The van der Waals surface area contributed by atoms with Gasteiger partial charge in [-0.05, 0) is 12.1 Å². The highest BCUT2D eigenvalue weighted by molar-refractivity contribution is 7.09. The first-order chi connectivity index (χ1) is 9.36. The Morgan fingerprint density at radius 1 is 1.21 bits per heavy atom. The number of benzene rings is 1. The molecule has 1 atom stereocenters. The van der Waals surface area contributed by atoms with Crippen LogP contribution >= 0.6 is 11.3 Å². The number of nitrogens with one attached hydrogen (secondary N) is 1. The maximum atomic E-state index is 5.66. The van der Waals surface area contributed by atoms with E-state index in [4.69, 9.17) is 5.84 Å². The minimum atomic E-state index is 0.00468. The largest absolute Gasteiger partial charge is 0.271 e. The number of hydrogen-bond donors (Lipinski definition) is 2. The lowest BCUT2D eigenvalue weighted by molar-refractivity contribution is 0.543. The molecule has 19 heavy (non-hydrogen) atoms. The van der Waals surface area contributed by atoms with Crippen LogP contribution < -0.4 is 11.3 Å². The van der Waals surface area contributed by atoms with Gasteiger partial charge in [-0.25, -0.2) is 0 Å². The van der Waals surface area contributed by atoms with Crippen molar-refractivity contribution in [1.82, 2.24) is 15.4 Å². The molecule has 5 heteroatoms. The van der Waals surface area contributed by atoms with Gasteiger partial charge >= 0.3 is 0 Å². The molecule has 2 aromatic heterocycles. The molecule has 0 aliphatic rings. The van der Waals surface area contributed by atoms with Crippen LogP contribution in [0.4, 0.5) is 0 Å². The Labute approximate surface area is 115 Å². The normalized spacial score (nSPS) is 12.7. The van der Waals surface area contributed by atoms with Crippen LogP contribution in [-0.4, -0.2) is 9.97 Å². The van der Waals surface area contributed by atoms with Crippen molar-refractivity contribution in [3.8, 4) is 0 Å². The Hall–Kier alpha value is -1.82. The summed E-state index contributed by atoms with van der Waals surface area (Å²) in [6.45, 7) is 0. The van der Waals surface area contributed by atoms with Gasteiger partial charge in [-0.1, -0.05) is 24.3 Å². The van der Waals surface area contributed by atoms with E-state index in [0.717, 1.165) is 23.0 Å². The number of aromatic nitrogens is 2. The number of thiazole rings is 1. The van der Waals surface area contributed by atoms with E-state index in [1.54, 1.807) is 11.3 Å². The number of fused-ring (bicyclic) bond motifs is 1. The zero-order chi connectivity index (χ0) is 13.1. The van der Waals surface area contributed by atoms with E-state index in [1.165, 1.54) is 4.88 Å². The third-order valence-electron chi connectivity index (χ3n) is 3.07. The zero-order valence-electron chi connectivity index (χ0n) is 10.3. The Morgan fingerprint density at radius 2 is 2.11 bits per heavy atom. The van der Waals surface area contributed by atoms with E-state index in [9.17, 15) is 0 Å². The van der Waals surface area contributed by atoms with Crippen LogP contribution in [0.1, 0.15) is 16.6 Å². The number of para-hydroxylation sites is 1. The number of nitrogens with two attached hydrogens (primary N) is 1. The van der Waals surface area contributed by atoms with E-state index in [1.807, 2.05) is 36.0 Å². The van der Waals surface area contributed by atoms with Crippen LogP contribution in [0.15, 0.2) is 48.1 Å². The molecule has 3 N–H and O–H groups in total. The monoisotopic (exact) mass is 270 g/mol. The van der Waals surface area contributed by atoms with E-state index < -0.39 is 0 Å². The smallest absolute Gasteiger partial charge is 0.0794 e. The third-order valence-corrected chi connectivity index (χ3v) is 3.87. The first-order valence-electron chi connectivity index (χ1n) is 6.06. The molecule has 1 aromatic carbocycles. The van der Waals surface area contributed by atoms with Gasteiger partial charge in [-0.15, -0.1) is 11.3 Å². The first kappa shape index (κ1) is 12.2. The number of nitrogens with zero attached hydrogens (tertiary/aromatic N) is 2. The molecule has 0 aliphatic heterocycles. The number of pyridine rings is 1. The maximum absolute atomic E-state index is 5.66. The second kappa shape index (κ2) is 5.44. The van der Waals surface area contributed by atoms with Crippen LogP contribution in [0.3, 0.4) is 0 Å². The summed E-state index contributed by atoms with van der Waals surface area (Å²) in [5.41, 5.74) is 6.61. The highest BCUT2D eigenvalue weighted by Gasteiger charge is 2.13. The lowest BCUT2D eigenvalue weighted by Gasteiger charge is -2.14. The van der Waals surface area contributed by atoms with Gasteiger partial charge in [0.25, 0.3) is 0 Å². The summed E-state index contributed by atoms with van der Waals surface area (Å²) in [7, 11) is 0. The number of hydrazine groups is 1. The fraction of sp³-hybridized carbons (Fsp3) is 0.143. The molecule has 4 nitrogen and oxygen atoms in total. The Bertz CT molecular complexity index is 666. The molecule has 0 saturated carbocycles. The summed E-state index contributed by atoms with van der Waals surface area (Å²) in [6.07, 6.45) is 2.67. The lowest BCUT2D eigenvalue weighted by Crippen LogP contribution is -2.30. The van der Waals surface area contributed by atoms with Gasteiger partial charge < -0.3 is 0 Å². The van der Waals surface area contributed by atoms with Crippen molar-refractivity contribution in [2.75, 3.05) is 0 Å². The fourth-order valence-electron chi connectivity index (χ4n) is 2.07. The average molecular weight is 270 g/mol. The van der Waals surface area contributed by atoms with E-state index in [-0.39, 0.29) is 6.04 Å². The standard InChI is InChI=1S/C14H14N4S/c15-18-14(7-11-8-16-9-19-11)13-6-5-10-3-1-2-4-12(10)17-13/h1-6,8-9,14,18H,7,15H2. The third kappa shape index (κ3) is 2.63. The summed E-state index contributed by atoms with van der Waals surface area (Å²) < 4.78 is 0. The van der Waals surface area contributed by atoms with Crippen molar-refractivity contribution < 1.29 is 0 Å². The van der Waals surface area contributed by atoms with Crippen LogP contribution in [0.25, 0.3) is 10.9 Å². The van der Waals surface area contributed by atoms with Crippen molar-refractivity contribution in [3.05, 3.63) is 58.7 Å². The second-order valence-corrected chi connectivity index (χ2v) is 5.29. The maximum Gasteiger partial charge on any atom is 0.0794 e. The molecule has 0 amide bonds. The molecule has 1 unspecified atom stereocenters. The number of hydrogen-bond acceptors (Lipinski definition) is 5. The highest BCUT2D eigenvalue weighted by Crippen LogP contribution is 2.21. The van der Waals surface area contributed by atoms with Crippen molar-refractivity contribution in [2.45, 2.75) is 12.5 Å². The molecular formula is C14H14N4S. The van der Waals surface area contributed by atoms with Crippen LogP contribution in [0, 0.1) is 0 Å². The van der Waals surface area contributed by atoms with Crippen LogP contribution in [-0.2, 0) is 6.42 Å². The Kier molecular flexibility index (Phi) is 3.50. The second-order valence-electron chi connectivity index (χ2n) is 4.32. The fourth-order valence-corrected chi connectivity index (χ4v) is 2.71. The van der Waals surface area contributed by atoms with Gasteiger partial charge in [0.05, 0.1) is 22.8 Å². The van der Waals surface area contributed by atoms with Crippen molar-refractivity contribution in [3.63, 3.8) is 0 Å². The van der Waals surface area contributed by atoms with Gasteiger partial charge in [0, 0.05) is 22.9 Å². The Morgan fingerprint density at radius 3 is 2.89 bits per heavy atom. The molecule has 0 spiro atoms. The van der Waals surface area contributed by atoms with Crippen molar-refractivity contribution in [2.24, 2.45) is 5.84 Å². The molecule has 96 valence electrons. The summed E-state index contributed by atoms with van der Waals surface area (Å²) >= 11 is 1.63. The summed E-state index contributed by atoms with van der Waals surface area (Å²) in [6, 6.07) is 12.2. The number of rotatable bonds is 4. The molecule has 0 fully saturated rings. The molecule has 0 bridgehead atoms. The lowest BCUT2D eigenvalue weighted by atomic mass is 10.1. The molecule has 3 aromatic rings. The predicted octanol–water partition coefficient (Wildman–Crippen LogP) is 2.44. The predicted molar refractivity (Wildman–Crippen MR) is 77.6 cm³/mol. The average Bonchev–Trinajstić information content (AvgIpc) is 2.97. The quantitative estimate of drug-likeness (QED) is 0.564. The van der Waals surface area contributed by atoms with Crippen LogP contribution in [0.5, 0.6) is 0 Å². The summed E-state index contributed by atoms with van der Waals surface area (Å²) in [4.78, 5) is 9.94. The molecule has 0 aliphatic carbocycles. The summed E-state index contributed by atoms with van der Waals surface area (Å²) in [5, 5.41) is 1.14. The van der Waals surface area contributed by atoms with Gasteiger partial charge in [0.1, 0.15) is 0 Å². The van der Waals surface area contributed by atoms with Gasteiger partial charge in [-0.2, -0.15) is 0 Å². The molecule has 0 radical (unpaired) electrons. The highest BCUT2D eigenvalue weighted by atomic mass is 32.1. The minimum Gasteiger partial charge on any atom is -0.271 e. The molecule has 2 heterocycles. The molecule has 3 rings (SSSR count).